The Morgan fingerprint density at radius 3 is 2.52 bits per heavy atom. The number of halogens is 1. The molecule has 0 unspecified atom stereocenters. The van der Waals surface area contributed by atoms with Gasteiger partial charge in [-0.3, -0.25) is 9.89 Å². The third kappa shape index (κ3) is 3.57. The second-order valence-electron chi connectivity index (χ2n) is 6.20. The van der Waals surface area contributed by atoms with Crippen molar-refractivity contribution in [3.63, 3.8) is 0 Å². The molecule has 0 spiro atoms. The summed E-state index contributed by atoms with van der Waals surface area (Å²) in [6.07, 6.45) is 0.964. The second-order valence-corrected chi connectivity index (χ2v) is 6.20. The summed E-state index contributed by atoms with van der Waals surface area (Å²) >= 11 is 0. The summed E-state index contributed by atoms with van der Waals surface area (Å²) in [7, 11) is 0. The number of hydrogen-bond acceptors (Lipinski definition) is 4. The van der Waals surface area contributed by atoms with Crippen molar-refractivity contribution in [1.29, 1.82) is 0 Å². The number of nitrogens with zero attached hydrogens (tertiary/aromatic N) is 3. The molecule has 0 fully saturated rings. The molecule has 2 N–H and O–H groups in total. The normalized spacial score (nSPS) is 11.0. The Balaban J connectivity index is 1.60. The van der Waals surface area contributed by atoms with Crippen molar-refractivity contribution in [2.24, 2.45) is 0 Å². The van der Waals surface area contributed by atoms with Gasteiger partial charge in [0.2, 0.25) is 0 Å². The molecule has 0 atom stereocenters. The summed E-state index contributed by atoms with van der Waals surface area (Å²) in [6, 6.07) is 15.5. The van der Waals surface area contributed by atoms with Crippen LogP contribution in [0, 0.1) is 5.82 Å². The van der Waals surface area contributed by atoms with E-state index in [1.54, 1.807) is 12.1 Å². The molecule has 27 heavy (non-hydrogen) atoms. The monoisotopic (exact) mass is 363 g/mol. The molecule has 136 valence electrons. The van der Waals surface area contributed by atoms with Crippen LogP contribution < -0.4 is 10.9 Å². The molecule has 0 aliphatic rings. The topological polar surface area (TPSA) is 75.1 Å². The van der Waals surface area contributed by atoms with Gasteiger partial charge in [-0.15, -0.1) is 0 Å². The number of aromatic nitrogens is 4. The van der Waals surface area contributed by atoms with Gasteiger partial charge in [0.05, 0.1) is 12.2 Å². The Kier molecular flexibility index (Phi) is 4.42. The zero-order valence-corrected chi connectivity index (χ0v) is 14.7. The molecular formula is C20H18FN5O. The van der Waals surface area contributed by atoms with Crippen LogP contribution in [-0.2, 0) is 13.0 Å². The lowest BCUT2D eigenvalue weighted by atomic mass is 10.1. The first-order valence-electron chi connectivity index (χ1n) is 8.70. The van der Waals surface area contributed by atoms with E-state index in [1.807, 2.05) is 24.3 Å². The Bertz CT molecular complexity index is 1130. The molecule has 2 aromatic heterocycles. The van der Waals surface area contributed by atoms with Gasteiger partial charge in [-0.1, -0.05) is 31.2 Å². The van der Waals surface area contributed by atoms with Crippen molar-refractivity contribution in [2.45, 2.75) is 19.9 Å². The van der Waals surface area contributed by atoms with Crippen LogP contribution >= 0.6 is 0 Å². The van der Waals surface area contributed by atoms with Crippen LogP contribution in [0.15, 0.2) is 59.4 Å². The van der Waals surface area contributed by atoms with Crippen molar-refractivity contribution in [3.8, 4) is 11.4 Å². The zero-order chi connectivity index (χ0) is 18.8. The molecule has 0 bridgehead atoms. The van der Waals surface area contributed by atoms with Gasteiger partial charge < -0.3 is 5.32 Å². The van der Waals surface area contributed by atoms with Crippen molar-refractivity contribution in [3.05, 3.63) is 82.0 Å². The first-order valence-corrected chi connectivity index (χ1v) is 8.70. The van der Waals surface area contributed by atoms with E-state index >= 15 is 0 Å². The standard InChI is InChI=1S/C20H18FN5O/c1-2-13-3-5-14(6-4-13)19-24-20-23-17(11-18(27)26(20)25-19)12-22-16-9-7-15(21)8-10-16/h3-11,22H,2,12H2,1H3,(H,23,24,25). The van der Waals surface area contributed by atoms with Crippen LogP contribution in [-0.4, -0.2) is 19.6 Å². The number of hydrogen-bond donors (Lipinski definition) is 2. The van der Waals surface area contributed by atoms with E-state index in [0.717, 1.165) is 17.7 Å². The van der Waals surface area contributed by atoms with Gasteiger partial charge in [-0.2, -0.15) is 9.50 Å². The smallest absolute Gasteiger partial charge is 0.274 e. The van der Waals surface area contributed by atoms with Crippen LogP contribution in [0.25, 0.3) is 17.2 Å². The number of aromatic amines is 1. The molecule has 0 saturated heterocycles. The molecule has 2 aromatic carbocycles. The van der Waals surface area contributed by atoms with E-state index in [-0.39, 0.29) is 11.4 Å². The average Bonchev–Trinajstić information content (AvgIpc) is 3.12. The van der Waals surface area contributed by atoms with Gasteiger partial charge in [-0.25, -0.2) is 9.37 Å². The van der Waals surface area contributed by atoms with Crippen molar-refractivity contribution in [1.82, 2.24) is 19.6 Å². The van der Waals surface area contributed by atoms with Gasteiger partial charge in [0, 0.05) is 17.3 Å². The molecule has 0 aliphatic heterocycles. The molecular weight excluding hydrogens is 345 g/mol. The minimum Gasteiger partial charge on any atom is -0.379 e. The maximum atomic E-state index is 13.0. The van der Waals surface area contributed by atoms with Crippen LogP contribution in [0.2, 0.25) is 0 Å². The number of nitrogens with one attached hydrogen (secondary N) is 2. The minimum absolute atomic E-state index is 0.236. The van der Waals surface area contributed by atoms with Crippen LogP contribution in [0.5, 0.6) is 0 Å². The number of benzene rings is 2. The summed E-state index contributed by atoms with van der Waals surface area (Å²) in [5, 5.41) is 6.11. The van der Waals surface area contributed by atoms with Gasteiger partial charge >= 0.3 is 0 Å². The average molecular weight is 363 g/mol. The number of rotatable bonds is 5. The van der Waals surface area contributed by atoms with E-state index in [1.165, 1.54) is 28.3 Å². The Labute approximate surface area is 154 Å². The van der Waals surface area contributed by atoms with E-state index in [9.17, 15) is 9.18 Å². The van der Waals surface area contributed by atoms with Gasteiger partial charge in [-0.05, 0) is 36.2 Å². The van der Waals surface area contributed by atoms with E-state index in [2.05, 4.69) is 27.3 Å². The largest absolute Gasteiger partial charge is 0.379 e. The lowest BCUT2D eigenvalue weighted by Gasteiger charge is -2.05. The van der Waals surface area contributed by atoms with Crippen molar-refractivity contribution in [2.75, 3.05) is 5.32 Å². The molecule has 0 aliphatic carbocycles. The third-order valence-electron chi connectivity index (χ3n) is 4.34. The Hall–Kier alpha value is -3.48. The Morgan fingerprint density at radius 1 is 1.07 bits per heavy atom. The van der Waals surface area contributed by atoms with E-state index in [0.29, 0.717) is 23.8 Å². The predicted octanol–water partition coefficient (Wildman–Crippen LogP) is 3.40. The van der Waals surface area contributed by atoms with Gasteiger partial charge in [0.25, 0.3) is 11.3 Å². The first kappa shape index (κ1) is 17.0. The lowest BCUT2D eigenvalue weighted by Crippen LogP contribution is -2.17. The maximum Gasteiger partial charge on any atom is 0.274 e. The molecule has 0 amide bonds. The number of fused-ring (bicyclic) bond motifs is 1. The van der Waals surface area contributed by atoms with Crippen LogP contribution in [0.1, 0.15) is 18.2 Å². The fourth-order valence-corrected chi connectivity index (χ4v) is 2.81. The highest BCUT2D eigenvalue weighted by atomic mass is 19.1. The summed E-state index contributed by atoms with van der Waals surface area (Å²) in [5.41, 5.74) is 3.20. The van der Waals surface area contributed by atoms with Crippen molar-refractivity contribution >= 4 is 11.5 Å². The molecule has 6 nitrogen and oxygen atoms in total. The molecule has 0 radical (unpaired) electrons. The third-order valence-corrected chi connectivity index (χ3v) is 4.34. The first-order chi connectivity index (χ1) is 13.1. The highest BCUT2D eigenvalue weighted by Gasteiger charge is 2.10. The summed E-state index contributed by atoms with van der Waals surface area (Å²) in [5.74, 6) is 0.605. The SMILES string of the molecule is CCc1ccc(-c2nc3nc(CNc4ccc(F)cc4)cc(=O)n3[nH]2)cc1. The highest BCUT2D eigenvalue weighted by molar-refractivity contribution is 5.57. The fraction of sp³-hybridized carbons (Fsp3) is 0.150. The summed E-state index contributed by atoms with van der Waals surface area (Å²) in [6.45, 7) is 2.44. The molecule has 4 rings (SSSR count). The quantitative estimate of drug-likeness (QED) is 0.570. The van der Waals surface area contributed by atoms with E-state index < -0.39 is 0 Å². The number of aryl methyl sites for hydroxylation is 1. The zero-order valence-electron chi connectivity index (χ0n) is 14.7. The highest BCUT2D eigenvalue weighted by Crippen LogP contribution is 2.16. The van der Waals surface area contributed by atoms with Gasteiger partial charge in [0.1, 0.15) is 5.82 Å². The number of H-pyrrole nitrogens is 1. The fourth-order valence-electron chi connectivity index (χ4n) is 2.81. The molecule has 2 heterocycles. The molecule has 4 aromatic rings. The second kappa shape index (κ2) is 7.03. The minimum atomic E-state index is -0.297. The Morgan fingerprint density at radius 2 is 1.81 bits per heavy atom. The summed E-state index contributed by atoms with van der Waals surface area (Å²) < 4.78 is 14.3. The molecule has 0 saturated carbocycles. The lowest BCUT2D eigenvalue weighted by molar-refractivity contribution is 0.628. The molecule has 7 heteroatoms. The predicted molar refractivity (Wildman–Crippen MR) is 102 cm³/mol. The maximum absolute atomic E-state index is 13.0. The van der Waals surface area contributed by atoms with Crippen LogP contribution in [0.4, 0.5) is 10.1 Å². The summed E-state index contributed by atoms with van der Waals surface area (Å²) in [4.78, 5) is 21.3. The van der Waals surface area contributed by atoms with E-state index in [4.69, 9.17) is 0 Å². The van der Waals surface area contributed by atoms with Crippen molar-refractivity contribution < 1.29 is 4.39 Å². The van der Waals surface area contributed by atoms with Gasteiger partial charge in [0.15, 0.2) is 5.82 Å². The van der Waals surface area contributed by atoms with Crippen LogP contribution in [0.3, 0.4) is 0 Å². The number of anilines is 1.